The highest BCUT2D eigenvalue weighted by molar-refractivity contribution is 6.30. The second-order valence-electron chi connectivity index (χ2n) is 4.22. The van der Waals surface area contributed by atoms with E-state index in [9.17, 15) is 4.79 Å². The van der Waals surface area contributed by atoms with Gasteiger partial charge in [-0.05, 0) is 49.2 Å². The van der Waals surface area contributed by atoms with Crippen molar-refractivity contribution >= 4 is 17.5 Å². The fourth-order valence-electron chi connectivity index (χ4n) is 1.72. The summed E-state index contributed by atoms with van der Waals surface area (Å²) in [7, 11) is 0. The lowest BCUT2D eigenvalue weighted by atomic mass is 10.1. The van der Waals surface area contributed by atoms with Crippen LogP contribution in [0.3, 0.4) is 0 Å². The third-order valence-corrected chi connectivity index (χ3v) is 2.86. The molecule has 0 bridgehead atoms. The fourth-order valence-corrected chi connectivity index (χ4v) is 1.85. The van der Waals surface area contributed by atoms with E-state index < -0.39 is 0 Å². The first-order valence-electron chi connectivity index (χ1n) is 5.72. The Morgan fingerprint density at radius 2 is 2.06 bits per heavy atom. The van der Waals surface area contributed by atoms with Crippen molar-refractivity contribution in [2.24, 2.45) is 0 Å². The van der Waals surface area contributed by atoms with Crippen molar-refractivity contribution in [3.05, 3.63) is 59.0 Å². The van der Waals surface area contributed by atoms with Gasteiger partial charge in [-0.3, -0.25) is 4.79 Å². The topological polar surface area (TPSA) is 42.2 Å². The van der Waals surface area contributed by atoms with Gasteiger partial charge in [-0.2, -0.15) is 0 Å². The summed E-state index contributed by atoms with van der Waals surface area (Å²) in [6, 6.07) is 8.77. The zero-order valence-corrected chi connectivity index (χ0v) is 10.8. The molecule has 18 heavy (non-hydrogen) atoms. The molecule has 3 nitrogen and oxygen atoms in total. The van der Waals surface area contributed by atoms with Gasteiger partial charge < -0.3 is 9.73 Å². The van der Waals surface area contributed by atoms with Crippen LogP contribution in [0.5, 0.6) is 0 Å². The molecule has 0 fully saturated rings. The number of carbonyl (C=O) groups is 1. The molecule has 0 aliphatic rings. The van der Waals surface area contributed by atoms with Gasteiger partial charge in [-0.15, -0.1) is 0 Å². The molecule has 1 atom stereocenters. The molecule has 1 N–H and O–H groups in total. The van der Waals surface area contributed by atoms with E-state index in [0.29, 0.717) is 10.6 Å². The lowest BCUT2D eigenvalue weighted by Gasteiger charge is -2.12. The van der Waals surface area contributed by atoms with Crippen molar-refractivity contribution in [2.75, 3.05) is 0 Å². The van der Waals surface area contributed by atoms with E-state index in [1.54, 1.807) is 36.8 Å². The largest absolute Gasteiger partial charge is 0.472 e. The van der Waals surface area contributed by atoms with E-state index in [1.165, 1.54) is 0 Å². The van der Waals surface area contributed by atoms with E-state index in [-0.39, 0.29) is 11.9 Å². The Labute approximate surface area is 111 Å². The maximum absolute atomic E-state index is 11.9. The Kier molecular flexibility index (Phi) is 4.05. The first-order valence-corrected chi connectivity index (χ1v) is 6.10. The van der Waals surface area contributed by atoms with Gasteiger partial charge in [0.2, 0.25) is 0 Å². The Hall–Kier alpha value is -1.74. The molecule has 0 aliphatic heterocycles. The molecule has 0 spiro atoms. The Morgan fingerprint density at radius 1 is 1.33 bits per heavy atom. The Morgan fingerprint density at radius 3 is 2.67 bits per heavy atom. The third kappa shape index (κ3) is 3.37. The highest BCUT2D eigenvalue weighted by atomic mass is 35.5. The number of furan rings is 1. The van der Waals surface area contributed by atoms with Crippen molar-refractivity contribution in [2.45, 2.75) is 19.4 Å². The van der Waals surface area contributed by atoms with Gasteiger partial charge in [0.15, 0.2) is 0 Å². The van der Waals surface area contributed by atoms with Crippen molar-refractivity contribution in [3.63, 3.8) is 0 Å². The Balaban J connectivity index is 1.92. The summed E-state index contributed by atoms with van der Waals surface area (Å²) in [6.07, 6.45) is 4.06. The Bertz CT molecular complexity index is 505. The third-order valence-electron chi connectivity index (χ3n) is 2.61. The SMILES string of the molecule is CC(Cc1ccoc1)NC(=O)c1ccc(Cl)cc1. The van der Waals surface area contributed by atoms with Crippen LogP contribution in [0.4, 0.5) is 0 Å². The summed E-state index contributed by atoms with van der Waals surface area (Å²) in [5.41, 5.74) is 1.68. The van der Waals surface area contributed by atoms with Gasteiger partial charge in [0.25, 0.3) is 5.91 Å². The van der Waals surface area contributed by atoms with Crippen LogP contribution in [0.15, 0.2) is 47.3 Å². The summed E-state index contributed by atoms with van der Waals surface area (Å²) in [5, 5.41) is 3.55. The minimum atomic E-state index is -0.0948. The smallest absolute Gasteiger partial charge is 0.251 e. The monoisotopic (exact) mass is 263 g/mol. The standard InChI is InChI=1S/C14H14ClNO2/c1-10(8-11-6-7-18-9-11)16-14(17)12-2-4-13(15)5-3-12/h2-7,9-10H,8H2,1H3,(H,16,17). The van der Waals surface area contributed by atoms with E-state index in [2.05, 4.69) is 5.32 Å². The van der Waals surface area contributed by atoms with E-state index in [1.807, 2.05) is 13.0 Å². The second-order valence-corrected chi connectivity index (χ2v) is 4.65. The molecule has 1 unspecified atom stereocenters. The number of benzene rings is 1. The maximum atomic E-state index is 11.9. The van der Waals surface area contributed by atoms with Crippen molar-refractivity contribution in [1.82, 2.24) is 5.32 Å². The van der Waals surface area contributed by atoms with Crippen LogP contribution < -0.4 is 5.32 Å². The minimum Gasteiger partial charge on any atom is -0.472 e. The van der Waals surface area contributed by atoms with Gasteiger partial charge in [-0.1, -0.05) is 11.6 Å². The first-order chi connectivity index (χ1) is 8.65. The predicted octanol–water partition coefficient (Wildman–Crippen LogP) is 3.29. The van der Waals surface area contributed by atoms with Gasteiger partial charge in [0.1, 0.15) is 0 Å². The summed E-state index contributed by atoms with van der Waals surface area (Å²) in [5.74, 6) is -0.0948. The van der Waals surface area contributed by atoms with E-state index in [0.717, 1.165) is 12.0 Å². The number of amides is 1. The van der Waals surface area contributed by atoms with Crippen LogP contribution in [0.25, 0.3) is 0 Å². The van der Waals surface area contributed by atoms with Crippen LogP contribution >= 0.6 is 11.6 Å². The van der Waals surface area contributed by atoms with Crippen LogP contribution in [0.1, 0.15) is 22.8 Å². The molecule has 0 aliphatic carbocycles. The number of nitrogens with one attached hydrogen (secondary N) is 1. The normalized spacial score (nSPS) is 12.1. The fraction of sp³-hybridized carbons (Fsp3) is 0.214. The number of rotatable bonds is 4. The number of halogens is 1. The van der Waals surface area contributed by atoms with Crippen molar-refractivity contribution < 1.29 is 9.21 Å². The zero-order valence-electron chi connectivity index (χ0n) is 10.0. The molecule has 1 aromatic carbocycles. The zero-order chi connectivity index (χ0) is 13.0. The summed E-state index contributed by atoms with van der Waals surface area (Å²) in [4.78, 5) is 11.9. The minimum absolute atomic E-state index is 0.0470. The molecule has 2 aromatic rings. The average molecular weight is 264 g/mol. The molecule has 1 amide bonds. The molecule has 94 valence electrons. The highest BCUT2D eigenvalue weighted by Gasteiger charge is 2.10. The molecular weight excluding hydrogens is 250 g/mol. The van der Waals surface area contributed by atoms with Crippen LogP contribution in [0, 0.1) is 0 Å². The van der Waals surface area contributed by atoms with Gasteiger partial charge >= 0.3 is 0 Å². The summed E-state index contributed by atoms with van der Waals surface area (Å²) in [6.45, 7) is 1.96. The number of carbonyl (C=O) groups excluding carboxylic acids is 1. The molecule has 0 saturated heterocycles. The van der Waals surface area contributed by atoms with E-state index in [4.69, 9.17) is 16.0 Å². The quantitative estimate of drug-likeness (QED) is 0.920. The molecular formula is C14H14ClNO2. The predicted molar refractivity (Wildman–Crippen MR) is 70.8 cm³/mol. The summed E-state index contributed by atoms with van der Waals surface area (Å²) < 4.78 is 4.99. The number of hydrogen-bond donors (Lipinski definition) is 1. The molecule has 4 heteroatoms. The van der Waals surface area contributed by atoms with Gasteiger partial charge in [-0.25, -0.2) is 0 Å². The highest BCUT2D eigenvalue weighted by Crippen LogP contribution is 2.10. The lowest BCUT2D eigenvalue weighted by Crippen LogP contribution is -2.33. The first kappa shape index (κ1) is 12.7. The van der Waals surface area contributed by atoms with Crippen LogP contribution in [0.2, 0.25) is 5.02 Å². The maximum Gasteiger partial charge on any atom is 0.251 e. The number of hydrogen-bond acceptors (Lipinski definition) is 2. The molecule has 0 saturated carbocycles. The van der Waals surface area contributed by atoms with Crippen LogP contribution in [-0.2, 0) is 6.42 Å². The van der Waals surface area contributed by atoms with Gasteiger partial charge in [0, 0.05) is 16.6 Å². The summed E-state index contributed by atoms with van der Waals surface area (Å²) >= 11 is 5.77. The average Bonchev–Trinajstić information content (AvgIpc) is 2.82. The molecule has 2 rings (SSSR count). The van der Waals surface area contributed by atoms with E-state index >= 15 is 0 Å². The molecule has 1 heterocycles. The molecule has 1 aromatic heterocycles. The van der Waals surface area contributed by atoms with Gasteiger partial charge in [0.05, 0.1) is 12.5 Å². The molecule has 0 radical (unpaired) electrons. The van der Waals surface area contributed by atoms with Crippen molar-refractivity contribution in [3.8, 4) is 0 Å². The lowest BCUT2D eigenvalue weighted by molar-refractivity contribution is 0.0940. The van der Waals surface area contributed by atoms with Crippen LogP contribution in [-0.4, -0.2) is 11.9 Å². The van der Waals surface area contributed by atoms with Crippen molar-refractivity contribution in [1.29, 1.82) is 0 Å². The second kappa shape index (κ2) is 5.74.